The van der Waals surface area contributed by atoms with Crippen LogP contribution in [-0.2, 0) is 0 Å². The van der Waals surface area contributed by atoms with Crippen LogP contribution in [0.25, 0.3) is 10.1 Å². The Kier molecular flexibility index (Phi) is 3.89. The Morgan fingerprint density at radius 2 is 1.90 bits per heavy atom. The molecule has 0 bridgehead atoms. The molecule has 0 radical (unpaired) electrons. The molecule has 1 aromatic heterocycles. The molecule has 0 fully saturated rings. The van der Waals surface area contributed by atoms with E-state index in [4.69, 9.17) is 11.6 Å². The van der Waals surface area contributed by atoms with Crippen LogP contribution in [-0.4, -0.2) is 0 Å². The molecule has 20 heavy (non-hydrogen) atoms. The zero-order valence-electron chi connectivity index (χ0n) is 11.3. The molecule has 0 saturated carbocycles. The molecule has 0 spiro atoms. The molecule has 1 heterocycles. The average Bonchev–Trinajstić information content (AvgIpc) is 2.86. The maximum absolute atomic E-state index is 6.72. The number of rotatable bonds is 2. The topological polar surface area (TPSA) is 0 Å². The first-order valence-corrected chi connectivity index (χ1v) is 8.55. The maximum Gasteiger partial charge on any atom is 0.0849 e. The van der Waals surface area contributed by atoms with Gasteiger partial charge in [-0.15, -0.1) is 22.9 Å². The maximum atomic E-state index is 6.72. The number of aryl methyl sites for hydroxylation is 2. The third-order valence-corrected chi connectivity index (χ3v) is 6.14. The Morgan fingerprint density at radius 3 is 2.65 bits per heavy atom. The number of alkyl halides is 1. The second-order valence-electron chi connectivity index (χ2n) is 5.01. The van der Waals surface area contributed by atoms with E-state index >= 15 is 0 Å². The highest BCUT2D eigenvalue weighted by Gasteiger charge is 2.16. The number of thiophene rings is 1. The number of hydrogen-bond donors (Lipinski definition) is 0. The lowest BCUT2D eigenvalue weighted by atomic mass is 10.00. The van der Waals surface area contributed by atoms with Gasteiger partial charge in [0.25, 0.3) is 0 Å². The van der Waals surface area contributed by atoms with E-state index in [1.54, 1.807) is 11.3 Å². The summed E-state index contributed by atoms with van der Waals surface area (Å²) in [5, 5.41) is 3.31. The molecule has 1 atom stereocenters. The van der Waals surface area contributed by atoms with Crippen molar-refractivity contribution in [2.75, 3.05) is 0 Å². The number of fused-ring (bicyclic) bond motifs is 1. The molecular weight excluding hydrogens is 352 g/mol. The zero-order valence-corrected chi connectivity index (χ0v) is 14.4. The van der Waals surface area contributed by atoms with Gasteiger partial charge in [0, 0.05) is 9.17 Å². The number of hydrogen-bond acceptors (Lipinski definition) is 1. The van der Waals surface area contributed by atoms with E-state index in [2.05, 4.69) is 71.6 Å². The lowest BCUT2D eigenvalue weighted by Gasteiger charge is -2.11. The van der Waals surface area contributed by atoms with Gasteiger partial charge in [0.15, 0.2) is 0 Å². The number of halogens is 2. The summed E-state index contributed by atoms with van der Waals surface area (Å²) in [5.74, 6) is 0. The van der Waals surface area contributed by atoms with Crippen molar-refractivity contribution in [3.8, 4) is 0 Å². The molecule has 2 aromatic carbocycles. The van der Waals surface area contributed by atoms with Crippen molar-refractivity contribution in [1.29, 1.82) is 0 Å². The van der Waals surface area contributed by atoms with E-state index in [1.165, 1.54) is 26.8 Å². The van der Waals surface area contributed by atoms with Crippen LogP contribution < -0.4 is 0 Å². The Morgan fingerprint density at radius 1 is 1.10 bits per heavy atom. The van der Waals surface area contributed by atoms with E-state index < -0.39 is 0 Å². The lowest BCUT2D eigenvalue weighted by Crippen LogP contribution is -1.94. The minimum absolute atomic E-state index is 0.0997. The summed E-state index contributed by atoms with van der Waals surface area (Å²) in [6, 6.07) is 12.7. The van der Waals surface area contributed by atoms with Crippen molar-refractivity contribution < 1.29 is 0 Å². The van der Waals surface area contributed by atoms with Gasteiger partial charge in [0.2, 0.25) is 0 Å². The lowest BCUT2D eigenvalue weighted by molar-refractivity contribution is 1.15. The minimum Gasteiger partial charge on any atom is -0.142 e. The van der Waals surface area contributed by atoms with Gasteiger partial charge < -0.3 is 0 Å². The fraction of sp³-hybridized carbons (Fsp3) is 0.176. The largest absolute Gasteiger partial charge is 0.142 e. The van der Waals surface area contributed by atoms with Crippen LogP contribution in [0.3, 0.4) is 0 Å². The van der Waals surface area contributed by atoms with Crippen molar-refractivity contribution >= 4 is 49.0 Å². The first-order valence-electron chi connectivity index (χ1n) is 6.45. The summed E-state index contributed by atoms with van der Waals surface area (Å²) in [6.45, 7) is 4.25. The Labute approximate surface area is 136 Å². The second kappa shape index (κ2) is 5.51. The molecule has 0 amide bonds. The summed E-state index contributed by atoms with van der Waals surface area (Å²) in [7, 11) is 0. The van der Waals surface area contributed by atoms with Crippen LogP contribution in [0.5, 0.6) is 0 Å². The van der Waals surface area contributed by atoms with Gasteiger partial charge >= 0.3 is 0 Å². The normalized spacial score (nSPS) is 12.8. The van der Waals surface area contributed by atoms with E-state index in [0.29, 0.717) is 0 Å². The highest BCUT2D eigenvalue weighted by atomic mass is 79.9. The molecule has 1 unspecified atom stereocenters. The average molecular weight is 366 g/mol. The molecule has 0 nitrogen and oxygen atoms in total. The summed E-state index contributed by atoms with van der Waals surface area (Å²) >= 11 is 12.1. The summed E-state index contributed by atoms with van der Waals surface area (Å²) in [6.07, 6.45) is 0. The molecule has 0 aliphatic rings. The third kappa shape index (κ3) is 2.41. The molecule has 3 heteroatoms. The molecular formula is C17H14BrClS. The molecule has 0 N–H and O–H groups in total. The van der Waals surface area contributed by atoms with Gasteiger partial charge in [-0.3, -0.25) is 0 Å². The van der Waals surface area contributed by atoms with Crippen molar-refractivity contribution in [3.05, 3.63) is 68.5 Å². The minimum atomic E-state index is -0.0997. The Hall–Kier alpha value is -0.830. The van der Waals surface area contributed by atoms with Gasteiger partial charge in [-0.2, -0.15) is 0 Å². The second-order valence-corrected chi connectivity index (χ2v) is 7.18. The molecule has 3 aromatic rings. The molecule has 0 saturated heterocycles. The van der Waals surface area contributed by atoms with E-state index in [-0.39, 0.29) is 5.38 Å². The van der Waals surface area contributed by atoms with Crippen LogP contribution in [0.1, 0.15) is 27.6 Å². The predicted octanol–water partition coefficient (Wildman–Crippen LogP) is 6.61. The van der Waals surface area contributed by atoms with Gasteiger partial charge in [-0.05, 0) is 68.9 Å². The Bertz CT molecular complexity index is 776. The molecule has 0 aliphatic heterocycles. The fourth-order valence-corrected chi connectivity index (χ4v) is 4.38. The first-order chi connectivity index (χ1) is 9.58. The van der Waals surface area contributed by atoms with Crippen LogP contribution in [0, 0.1) is 13.8 Å². The summed E-state index contributed by atoms with van der Waals surface area (Å²) < 4.78 is 2.40. The zero-order chi connectivity index (χ0) is 14.3. The van der Waals surface area contributed by atoms with Crippen molar-refractivity contribution in [3.63, 3.8) is 0 Å². The van der Waals surface area contributed by atoms with E-state index in [0.717, 1.165) is 10.0 Å². The van der Waals surface area contributed by atoms with Crippen molar-refractivity contribution in [2.45, 2.75) is 19.2 Å². The van der Waals surface area contributed by atoms with E-state index in [1.807, 2.05) is 0 Å². The first kappa shape index (κ1) is 14.1. The smallest absolute Gasteiger partial charge is 0.0849 e. The molecule has 102 valence electrons. The van der Waals surface area contributed by atoms with Crippen LogP contribution in [0.15, 0.2) is 46.3 Å². The quantitative estimate of drug-likeness (QED) is 0.448. The van der Waals surface area contributed by atoms with Gasteiger partial charge in [-0.1, -0.05) is 30.3 Å². The molecule has 3 rings (SSSR count). The van der Waals surface area contributed by atoms with Gasteiger partial charge in [0.1, 0.15) is 0 Å². The van der Waals surface area contributed by atoms with Gasteiger partial charge in [-0.25, -0.2) is 0 Å². The van der Waals surface area contributed by atoms with Crippen LogP contribution >= 0.6 is 38.9 Å². The predicted molar refractivity (Wildman–Crippen MR) is 93.1 cm³/mol. The monoisotopic (exact) mass is 364 g/mol. The van der Waals surface area contributed by atoms with Crippen LogP contribution in [0.2, 0.25) is 0 Å². The SMILES string of the molecule is Cc1ccc(C(Cl)c2csc3c(Br)cccc23)cc1C. The third-order valence-electron chi connectivity index (χ3n) is 3.68. The standard InChI is InChI=1S/C17H14BrClS/c1-10-6-7-12(8-11(10)2)16(19)14-9-20-17-13(14)4-3-5-15(17)18/h3-9,16H,1-2H3. The summed E-state index contributed by atoms with van der Waals surface area (Å²) in [4.78, 5) is 0. The van der Waals surface area contributed by atoms with Crippen LogP contribution in [0.4, 0.5) is 0 Å². The summed E-state index contributed by atoms with van der Waals surface area (Å²) in [5.41, 5.74) is 4.94. The highest BCUT2D eigenvalue weighted by molar-refractivity contribution is 9.10. The molecule has 0 aliphatic carbocycles. The Balaban J connectivity index is 2.10. The van der Waals surface area contributed by atoms with Crippen molar-refractivity contribution in [1.82, 2.24) is 0 Å². The highest BCUT2D eigenvalue weighted by Crippen LogP contribution is 2.40. The van der Waals surface area contributed by atoms with Crippen molar-refractivity contribution in [2.24, 2.45) is 0 Å². The number of benzene rings is 2. The fourth-order valence-electron chi connectivity index (χ4n) is 2.34. The van der Waals surface area contributed by atoms with E-state index in [9.17, 15) is 0 Å². The van der Waals surface area contributed by atoms with Gasteiger partial charge in [0.05, 0.1) is 5.38 Å².